The Morgan fingerprint density at radius 2 is 1.75 bits per heavy atom. The van der Waals surface area contributed by atoms with Crippen molar-refractivity contribution in [3.05, 3.63) is 0 Å². The van der Waals surface area contributed by atoms with Gasteiger partial charge >= 0.3 is 37.7 Å². The predicted octanol–water partition coefficient (Wildman–Crippen LogP) is 2.06. The summed E-state index contributed by atoms with van der Waals surface area (Å²) in [5.74, 6) is 0. The van der Waals surface area contributed by atoms with Gasteiger partial charge in [-0.3, -0.25) is 4.57 Å². The fourth-order valence-corrected chi connectivity index (χ4v) is 2.88. The maximum absolute atomic E-state index is 11.1. The van der Waals surface area contributed by atoms with Crippen LogP contribution in [0.3, 0.4) is 0 Å². The van der Waals surface area contributed by atoms with Crippen LogP contribution in [0.2, 0.25) is 0 Å². The minimum Gasteiger partial charge on any atom is -1.00 e. The molecule has 0 radical (unpaired) electrons. The second kappa shape index (κ2) is 7.38. The number of rotatable bonds is 1. The van der Waals surface area contributed by atoms with E-state index < -0.39 is 7.37 Å². The van der Waals surface area contributed by atoms with Gasteiger partial charge in [0.15, 0.2) is 0 Å². The molecule has 0 aromatic heterocycles. The van der Waals surface area contributed by atoms with E-state index in [1.807, 2.05) is 0 Å². The molecule has 0 saturated heterocycles. The molecule has 1 saturated carbocycles. The third-order valence-electron chi connectivity index (χ3n) is 2.25. The standard InChI is InChI=1S/C7H15O2P.Ca.Zn.2H/c1-10(8,9)7-5-3-2-4-6-7;;;;/h7H,2-6H2,1H3,(H,8,9);;;;/q;+2;;2*-1. The van der Waals surface area contributed by atoms with Gasteiger partial charge in [-0.2, -0.15) is 0 Å². The third-order valence-corrected chi connectivity index (χ3v) is 4.12. The van der Waals surface area contributed by atoms with Crippen LogP contribution in [-0.4, -0.2) is 55.0 Å². The molecule has 0 bridgehead atoms. The zero-order valence-electron chi connectivity index (χ0n) is 9.83. The predicted molar refractivity (Wildman–Crippen MR) is 50.6 cm³/mol. The Kier molecular flexibility index (Phi) is 10.1. The van der Waals surface area contributed by atoms with Crippen molar-refractivity contribution in [2.75, 3.05) is 6.66 Å². The molecule has 12 heavy (non-hydrogen) atoms. The van der Waals surface area contributed by atoms with E-state index in [-0.39, 0.29) is 65.7 Å². The molecule has 1 aliphatic carbocycles. The molecule has 2 nitrogen and oxygen atoms in total. The second-order valence-corrected chi connectivity index (χ2v) is 5.85. The minimum absolute atomic E-state index is 0. The maximum atomic E-state index is 11.1. The van der Waals surface area contributed by atoms with Crippen molar-refractivity contribution >= 4 is 45.1 Å². The van der Waals surface area contributed by atoms with Gasteiger partial charge in [-0.25, -0.2) is 0 Å². The zero-order chi connectivity index (χ0) is 7.61. The monoisotopic (exact) mass is 268 g/mol. The van der Waals surface area contributed by atoms with Gasteiger partial charge in [0.1, 0.15) is 0 Å². The number of hydrogen-bond donors (Lipinski definition) is 1. The summed E-state index contributed by atoms with van der Waals surface area (Å²) in [4.78, 5) is 9.20. The summed E-state index contributed by atoms with van der Waals surface area (Å²) in [7, 11) is -2.74. The van der Waals surface area contributed by atoms with Crippen molar-refractivity contribution in [2.24, 2.45) is 0 Å². The molecular weight excluding hydrogens is 253 g/mol. The summed E-state index contributed by atoms with van der Waals surface area (Å²) in [6, 6.07) is 0. The van der Waals surface area contributed by atoms with Gasteiger partial charge in [0, 0.05) is 31.8 Å². The van der Waals surface area contributed by atoms with Gasteiger partial charge in [0.25, 0.3) is 0 Å². The van der Waals surface area contributed by atoms with E-state index in [2.05, 4.69) is 0 Å². The van der Waals surface area contributed by atoms with E-state index in [9.17, 15) is 9.46 Å². The van der Waals surface area contributed by atoms with E-state index >= 15 is 0 Å². The Bertz CT molecular complexity index is 162. The van der Waals surface area contributed by atoms with Crippen molar-refractivity contribution < 1.29 is 31.8 Å². The molecule has 1 aliphatic rings. The zero-order valence-corrected chi connectivity index (χ0v) is 13.9. The minimum atomic E-state index is -2.74. The molecule has 1 rings (SSSR count). The van der Waals surface area contributed by atoms with E-state index in [0.717, 1.165) is 25.7 Å². The average molecular weight is 270 g/mol. The molecule has 0 aliphatic heterocycles. The van der Waals surface area contributed by atoms with Gasteiger partial charge in [-0.05, 0) is 12.8 Å². The van der Waals surface area contributed by atoms with Crippen molar-refractivity contribution in [1.82, 2.24) is 0 Å². The molecule has 0 aromatic rings. The van der Waals surface area contributed by atoms with E-state index in [4.69, 9.17) is 0 Å². The van der Waals surface area contributed by atoms with Crippen LogP contribution in [-0.2, 0) is 24.0 Å². The Balaban J connectivity index is -0.000000125. The first-order chi connectivity index (χ1) is 4.61. The van der Waals surface area contributed by atoms with Gasteiger partial charge in [-0.15, -0.1) is 0 Å². The van der Waals surface area contributed by atoms with Crippen molar-refractivity contribution in [1.29, 1.82) is 0 Å². The summed E-state index contributed by atoms with van der Waals surface area (Å²) < 4.78 is 11.1. The summed E-state index contributed by atoms with van der Waals surface area (Å²) >= 11 is 0. The van der Waals surface area contributed by atoms with Crippen LogP contribution in [0, 0.1) is 0 Å². The van der Waals surface area contributed by atoms with Crippen LogP contribution in [0.4, 0.5) is 0 Å². The summed E-state index contributed by atoms with van der Waals surface area (Å²) in [6.07, 6.45) is 5.46. The molecule has 1 unspecified atom stereocenters. The van der Waals surface area contributed by atoms with Crippen LogP contribution >= 0.6 is 7.37 Å². The van der Waals surface area contributed by atoms with Crippen LogP contribution < -0.4 is 0 Å². The van der Waals surface area contributed by atoms with E-state index in [1.165, 1.54) is 13.1 Å². The third kappa shape index (κ3) is 5.73. The molecular formula is C7H17CaO2PZn. The molecule has 0 amide bonds. The van der Waals surface area contributed by atoms with Gasteiger partial charge < -0.3 is 7.75 Å². The first-order valence-corrected chi connectivity index (χ1v) is 6.08. The molecule has 0 spiro atoms. The molecule has 0 heterocycles. The number of hydrogen-bond acceptors (Lipinski definition) is 1. The molecule has 66 valence electrons. The Hall–Kier alpha value is 2.07. The van der Waals surface area contributed by atoms with Crippen molar-refractivity contribution in [3.63, 3.8) is 0 Å². The van der Waals surface area contributed by atoms with E-state index in [0.29, 0.717) is 0 Å². The van der Waals surface area contributed by atoms with Crippen LogP contribution in [0.25, 0.3) is 0 Å². The summed E-state index contributed by atoms with van der Waals surface area (Å²) in [5.41, 5.74) is 0.112. The molecule has 0 aromatic carbocycles. The maximum Gasteiger partial charge on any atom is 2.00 e. The fourth-order valence-electron chi connectivity index (χ4n) is 1.56. The normalized spacial score (nSPS) is 23.2. The largest absolute Gasteiger partial charge is 2.00 e. The van der Waals surface area contributed by atoms with Crippen LogP contribution in [0.15, 0.2) is 0 Å². The first-order valence-electron chi connectivity index (χ1n) is 3.90. The van der Waals surface area contributed by atoms with Gasteiger partial charge in [0.2, 0.25) is 7.37 Å². The topological polar surface area (TPSA) is 37.3 Å². The average Bonchev–Trinajstić information content (AvgIpc) is 1.88. The quantitative estimate of drug-likeness (QED) is 0.584. The van der Waals surface area contributed by atoms with Gasteiger partial charge in [-0.1, -0.05) is 19.3 Å². The Morgan fingerprint density at radius 1 is 1.33 bits per heavy atom. The molecule has 5 heteroatoms. The Labute approximate surface area is 120 Å². The first kappa shape index (κ1) is 16.5. The molecule has 1 fully saturated rings. The van der Waals surface area contributed by atoms with Crippen LogP contribution in [0.1, 0.15) is 35.0 Å². The fraction of sp³-hybridized carbons (Fsp3) is 1.00. The summed E-state index contributed by atoms with van der Waals surface area (Å²) in [5, 5.41) is 0. The van der Waals surface area contributed by atoms with Crippen molar-refractivity contribution in [2.45, 2.75) is 37.8 Å². The Morgan fingerprint density at radius 3 is 2.00 bits per heavy atom. The molecule has 1 atom stereocenters. The SMILES string of the molecule is CP(=O)(O)C1CCCCC1.[Ca+2].[H-].[H-].[Zn]. The smallest absolute Gasteiger partial charge is 1.00 e. The van der Waals surface area contributed by atoms with Gasteiger partial charge in [0.05, 0.1) is 0 Å². The molecule has 1 N–H and O–H groups in total. The van der Waals surface area contributed by atoms with Crippen molar-refractivity contribution in [3.8, 4) is 0 Å². The summed E-state index contributed by atoms with van der Waals surface area (Å²) in [6.45, 7) is 1.49. The van der Waals surface area contributed by atoms with E-state index in [1.54, 1.807) is 0 Å². The van der Waals surface area contributed by atoms with Crippen LogP contribution in [0.5, 0.6) is 0 Å². The second-order valence-electron chi connectivity index (χ2n) is 3.24.